The highest BCUT2D eigenvalue weighted by Gasteiger charge is 2.42. The van der Waals surface area contributed by atoms with Gasteiger partial charge in [-0.25, -0.2) is 4.98 Å². The molecule has 2 aliphatic rings. The highest BCUT2D eigenvalue weighted by atomic mass is 16.5. The quantitative estimate of drug-likeness (QED) is 0.685. The van der Waals surface area contributed by atoms with Crippen molar-refractivity contribution in [3.8, 4) is 0 Å². The molecule has 30 heavy (non-hydrogen) atoms. The number of para-hydroxylation sites is 2. The summed E-state index contributed by atoms with van der Waals surface area (Å²) < 4.78 is 7.66. The van der Waals surface area contributed by atoms with E-state index in [1.165, 1.54) is 0 Å². The zero-order valence-corrected chi connectivity index (χ0v) is 16.7. The number of nitrogens with zero attached hydrogens (tertiary/aromatic N) is 3. The predicted octanol–water partition coefficient (Wildman–Crippen LogP) is 2.81. The number of aromatic nitrogens is 2. The Bertz CT molecular complexity index is 1070. The highest BCUT2D eigenvalue weighted by molar-refractivity contribution is 6.03. The van der Waals surface area contributed by atoms with Crippen LogP contribution in [0.2, 0.25) is 0 Å². The summed E-state index contributed by atoms with van der Waals surface area (Å²) in [4.78, 5) is 32.4. The molecular formula is C23H24N4O3. The van der Waals surface area contributed by atoms with Crippen LogP contribution in [0.25, 0.3) is 11.0 Å². The second-order valence-electron chi connectivity index (χ2n) is 7.84. The van der Waals surface area contributed by atoms with Gasteiger partial charge in [-0.3, -0.25) is 19.1 Å². The number of rotatable bonds is 6. The van der Waals surface area contributed by atoms with E-state index in [0.29, 0.717) is 19.0 Å². The lowest BCUT2D eigenvalue weighted by Gasteiger charge is -2.19. The molecule has 2 unspecified atom stereocenters. The maximum absolute atomic E-state index is 13.3. The van der Waals surface area contributed by atoms with E-state index >= 15 is 0 Å². The third kappa shape index (κ3) is 3.45. The summed E-state index contributed by atoms with van der Waals surface area (Å²) >= 11 is 0. The van der Waals surface area contributed by atoms with Crippen molar-refractivity contribution in [1.29, 1.82) is 0 Å². The van der Waals surface area contributed by atoms with Gasteiger partial charge in [0, 0.05) is 13.2 Å². The van der Waals surface area contributed by atoms with Crippen LogP contribution in [0, 0.1) is 0 Å². The molecule has 7 heteroatoms. The Hall–Kier alpha value is -3.19. The number of carbonyl (C=O) groups excluding carboxylic acids is 2. The van der Waals surface area contributed by atoms with Crippen molar-refractivity contribution in [2.24, 2.45) is 0 Å². The molecule has 154 valence electrons. The van der Waals surface area contributed by atoms with Crippen LogP contribution in [0.4, 0.5) is 5.95 Å². The standard InChI is InChI=1S/C23H24N4O3/c28-21(24-14-16-7-2-1-3-8-16)13-20-22(29)26(15-17-9-6-12-30-17)23-25-18-10-4-5-11-19(18)27(20)23/h1-5,7-8,10-11,17,20H,6,9,12-15H2,(H,24,28). The molecule has 0 bridgehead atoms. The number of ether oxygens (including phenoxy) is 1. The first-order valence-corrected chi connectivity index (χ1v) is 10.4. The van der Waals surface area contributed by atoms with Crippen LogP contribution in [-0.2, 0) is 20.9 Å². The Balaban J connectivity index is 1.39. The van der Waals surface area contributed by atoms with E-state index in [2.05, 4.69) is 5.32 Å². The van der Waals surface area contributed by atoms with E-state index in [9.17, 15) is 9.59 Å². The molecule has 2 aromatic carbocycles. The summed E-state index contributed by atoms with van der Waals surface area (Å²) in [7, 11) is 0. The van der Waals surface area contributed by atoms with Gasteiger partial charge in [0.2, 0.25) is 11.9 Å². The highest BCUT2D eigenvalue weighted by Crippen LogP contribution is 2.37. The zero-order valence-electron chi connectivity index (χ0n) is 16.7. The lowest BCUT2D eigenvalue weighted by molar-refractivity contribution is -0.127. The number of amides is 2. The van der Waals surface area contributed by atoms with E-state index in [0.717, 1.165) is 36.0 Å². The zero-order chi connectivity index (χ0) is 20.5. The van der Waals surface area contributed by atoms with E-state index in [1.807, 2.05) is 59.2 Å². The van der Waals surface area contributed by atoms with Gasteiger partial charge in [0.05, 0.1) is 30.1 Å². The summed E-state index contributed by atoms with van der Waals surface area (Å²) in [5, 5.41) is 2.94. The molecule has 1 aromatic heterocycles. The van der Waals surface area contributed by atoms with Crippen LogP contribution in [0.1, 0.15) is 30.9 Å². The summed E-state index contributed by atoms with van der Waals surface area (Å²) in [5.74, 6) is 0.367. The number of nitrogens with one attached hydrogen (secondary N) is 1. The molecule has 0 spiro atoms. The number of imidazole rings is 1. The molecule has 0 aliphatic carbocycles. The van der Waals surface area contributed by atoms with Crippen LogP contribution in [0.5, 0.6) is 0 Å². The van der Waals surface area contributed by atoms with Crippen LogP contribution in [0.15, 0.2) is 54.6 Å². The molecule has 1 saturated heterocycles. The Kier molecular flexibility index (Phi) is 4.96. The maximum atomic E-state index is 13.3. The largest absolute Gasteiger partial charge is 0.376 e. The topological polar surface area (TPSA) is 76.5 Å². The van der Waals surface area contributed by atoms with Gasteiger partial charge in [-0.2, -0.15) is 0 Å². The Morgan fingerprint density at radius 3 is 2.73 bits per heavy atom. The molecule has 5 rings (SSSR count). The number of hydrogen-bond donors (Lipinski definition) is 1. The second-order valence-corrected chi connectivity index (χ2v) is 7.84. The minimum Gasteiger partial charge on any atom is -0.376 e. The number of benzene rings is 2. The third-order valence-corrected chi connectivity index (χ3v) is 5.80. The van der Waals surface area contributed by atoms with Crippen molar-refractivity contribution in [2.75, 3.05) is 18.1 Å². The second kappa shape index (κ2) is 7.91. The molecule has 0 saturated carbocycles. The van der Waals surface area contributed by atoms with E-state index < -0.39 is 6.04 Å². The summed E-state index contributed by atoms with van der Waals surface area (Å²) in [6.45, 7) is 1.65. The summed E-state index contributed by atoms with van der Waals surface area (Å²) in [6, 6.07) is 16.9. The van der Waals surface area contributed by atoms with Gasteiger partial charge in [-0.05, 0) is 30.5 Å². The number of hydrogen-bond acceptors (Lipinski definition) is 4. The van der Waals surface area contributed by atoms with Crippen LogP contribution < -0.4 is 10.2 Å². The number of carbonyl (C=O) groups is 2. The molecule has 1 N–H and O–H groups in total. The average Bonchev–Trinajstić information content (AvgIpc) is 3.47. The fourth-order valence-corrected chi connectivity index (χ4v) is 4.30. The molecule has 1 fully saturated rings. The lowest BCUT2D eigenvalue weighted by Crippen LogP contribution is -2.37. The Labute approximate surface area is 174 Å². The minimum atomic E-state index is -0.593. The molecule has 3 heterocycles. The van der Waals surface area contributed by atoms with Crippen LogP contribution in [0.3, 0.4) is 0 Å². The molecule has 3 aromatic rings. The summed E-state index contributed by atoms with van der Waals surface area (Å²) in [5.41, 5.74) is 2.72. The first kappa shape index (κ1) is 18.8. The first-order valence-electron chi connectivity index (χ1n) is 10.4. The molecule has 7 nitrogen and oxygen atoms in total. The lowest BCUT2D eigenvalue weighted by atomic mass is 10.1. The first-order chi connectivity index (χ1) is 14.7. The van der Waals surface area contributed by atoms with Gasteiger partial charge in [-0.15, -0.1) is 0 Å². The monoisotopic (exact) mass is 404 g/mol. The van der Waals surface area contributed by atoms with Crippen molar-refractivity contribution in [2.45, 2.75) is 38.0 Å². The minimum absolute atomic E-state index is 0.0212. The normalized spacial score (nSPS) is 20.7. The molecule has 2 amide bonds. The average molecular weight is 404 g/mol. The fourth-order valence-electron chi connectivity index (χ4n) is 4.30. The van der Waals surface area contributed by atoms with Crippen molar-refractivity contribution >= 4 is 28.8 Å². The summed E-state index contributed by atoms with van der Waals surface area (Å²) in [6.07, 6.45) is 2.05. The Morgan fingerprint density at radius 2 is 1.93 bits per heavy atom. The van der Waals surface area contributed by atoms with Gasteiger partial charge in [0.25, 0.3) is 5.91 Å². The SMILES string of the molecule is O=C(CC1C(=O)N(CC2CCCO2)c2nc3ccccc3n21)NCc1ccccc1. The van der Waals surface area contributed by atoms with E-state index in [-0.39, 0.29) is 24.3 Å². The molecule has 2 aliphatic heterocycles. The predicted molar refractivity (Wildman–Crippen MR) is 113 cm³/mol. The van der Waals surface area contributed by atoms with Gasteiger partial charge < -0.3 is 10.1 Å². The van der Waals surface area contributed by atoms with Crippen LogP contribution >= 0.6 is 0 Å². The van der Waals surface area contributed by atoms with E-state index in [1.54, 1.807) is 4.90 Å². The number of fused-ring (bicyclic) bond motifs is 3. The number of anilines is 1. The third-order valence-electron chi connectivity index (χ3n) is 5.80. The Morgan fingerprint density at radius 1 is 1.13 bits per heavy atom. The smallest absolute Gasteiger partial charge is 0.253 e. The van der Waals surface area contributed by atoms with Gasteiger partial charge in [0.1, 0.15) is 6.04 Å². The fraction of sp³-hybridized carbons (Fsp3) is 0.348. The van der Waals surface area contributed by atoms with Gasteiger partial charge in [-0.1, -0.05) is 42.5 Å². The van der Waals surface area contributed by atoms with Crippen molar-refractivity contribution in [3.63, 3.8) is 0 Å². The molecule has 0 radical (unpaired) electrons. The van der Waals surface area contributed by atoms with Crippen LogP contribution in [-0.4, -0.2) is 40.6 Å². The van der Waals surface area contributed by atoms with Crippen molar-refractivity contribution in [3.05, 3.63) is 60.2 Å². The molecule has 2 atom stereocenters. The van der Waals surface area contributed by atoms with Gasteiger partial charge in [0.15, 0.2) is 0 Å². The maximum Gasteiger partial charge on any atom is 0.253 e. The van der Waals surface area contributed by atoms with E-state index in [4.69, 9.17) is 9.72 Å². The van der Waals surface area contributed by atoms with Gasteiger partial charge >= 0.3 is 0 Å². The van der Waals surface area contributed by atoms with Crippen molar-refractivity contribution < 1.29 is 14.3 Å². The molecular weight excluding hydrogens is 380 g/mol. The van der Waals surface area contributed by atoms with Crippen molar-refractivity contribution in [1.82, 2.24) is 14.9 Å².